The van der Waals surface area contributed by atoms with Gasteiger partial charge in [-0.05, 0) is 44.4 Å². The molecule has 2 rings (SSSR count). The van der Waals surface area contributed by atoms with E-state index in [0.717, 1.165) is 32.0 Å². The van der Waals surface area contributed by atoms with Crippen LogP contribution < -0.4 is 5.73 Å². The van der Waals surface area contributed by atoms with Crippen molar-refractivity contribution in [2.45, 2.75) is 51.2 Å². The predicted molar refractivity (Wildman–Crippen MR) is 66.2 cm³/mol. The standard InChI is InChI=1S/C13H26N2O/c1-10-3-4-12(14)11(7-10)8-15-6-5-13(2,16)9-15/h10-12,16H,3-9,14H2,1-2H3. The van der Waals surface area contributed by atoms with E-state index >= 15 is 0 Å². The van der Waals surface area contributed by atoms with Crippen molar-refractivity contribution in [2.75, 3.05) is 19.6 Å². The topological polar surface area (TPSA) is 49.5 Å². The fourth-order valence-electron chi connectivity index (χ4n) is 3.26. The maximum Gasteiger partial charge on any atom is 0.0758 e. The minimum atomic E-state index is -0.468. The van der Waals surface area contributed by atoms with Crippen LogP contribution in [0.5, 0.6) is 0 Å². The van der Waals surface area contributed by atoms with Crippen LogP contribution in [0, 0.1) is 11.8 Å². The van der Waals surface area contributed by atoms with Gasteiger partial charge >= 0.3 is 0 Å². The number of rotatable bonds is 2. The third-order valence-electron chi connectivity index (χ3n) is 4.33. The first kappa shape index (κ1) is 12.3. The molecule has 0 amide bonds. The van der Waals surface area contributed by atoms with Crippen LogP contribution in [-0.2, 0) is 0 Å². The highest BCUT2D eigenvalue weighted by molar-refractivity contribution is 4.90. The van der Waals surface area contributed by atoms with Crippen molar-refractivity contribution < 1.29 is 5.11 Å². The van der Waals surface area contributed by atoms with E-state index in [-0.39, 0.29) is 0 Å². The zero-order valence-electron chi connectivity index (χ0n) is 10.7. The molecule has 3 N–H and O–H groups in total. The van der Waals surface area contributed by atoms with Crippen molar-refractivity contribution in [3.05, 3.63) is 0 Å². The van der Waals surface area contributed by atoms with Gasteiger partial charge in [0.25, 0.3) is 0 Å². The Morgan fingerprint density at radius 1 is 1.44 bits per heavy atom. The number of hydrogen-bond acceptors (Lipinski definition) is 3. The molecule has 1 aliphatic heterocycles. The molecule has 16 heavy (non-hydrogen) atoms. The summed E-state index contributed by atoms with van der Waals surface area (Å²) in [6, 6.07) is 0.377. The van der Waals surface area contributed by atoms with Gasteiger partial charge in [0.05, 0.1) is 5.60 Å². The zero-order chi connectivity index (χ0) is 11.8. The average molecular weight is 226 g/mol. The molecule has 0 spiro atoms. The predicted octanol–water partition coefficient (Wildman–Crippen LogP) is 1.21. The van der Waals surface area contributed by atoms with Crippen LogP contribution in [0.2, 0.25) is 0 Å². The second-order valence-corrected chi connectivity index (χ2v) is 6.32. The Balaban J connectivity index is 1.84. The van der Waals surface area contributed by atoms with Crippen molar-refractivity contribution in [1.82, 2.24) is 4.90 Å². The van der Waals surface area contributed by atoms with Gasteiger partial charge in [0.15, 0.2) is 0 Å². The molecular formula is C13H26N2O. The third kappa shape index (κ3) is 2.96. The maximum absolute atomic E-state index is 9.94. The van der Waals surface area contributed by atoms with E-state index in [9.17, 15) is 5.11 Å². The van der Waals surface area contributed by atoms with Crippen LogP contribution in [0.25, 0.3) is 0 Å². The molecule has 1 aliphatic carbocycles. The summed E-state index contributed by atoms with van der Waals surface area (Å²) in [5.74, 6) is 1.46. The molecule has 0 bridgehead atoms. The van der Waals surface area contributed by atoms with Crippen LogP contribution in [-0.4, -0.2) is 41.3 Å². The van der Waals surface area contributed by atoms with Gasteiger partial charge < -0.3 is 15.7 Å². The van der Waals surface area contributed by atoms with Crippen LogP contribution in [0.3, 0.4) is 0 Å². The lowest BCUT2D eigenvalue weighted by Gasteiger charge is -2.35. The molecule has 0 aromatic heterocycles. The molecular weight excluding hydrogens is 200 g/mol. The first-order valence-corrected chi connectivity index (χ1v) is 6.66. The highest BCUT2D eigenvalue weighted by Crippen LogP contribution is 2.30. The van der Waals surface area contributed by atoms with Crippen molar-refractivity contribution in [2.24, 2.45) is 17.6 Å². The highest BCUT2D eigenvalue weighted by Gasteiger charge is 2.34. The Labute approximate surface area is 99.0 Å². The average Bonchev–Trinajstić information content (AvgIpc) is 2.52. The molecule has 1 saturated heterocycles. The number of hydrogen-bond donors (Lipinski definition) is 2. The monoisotopic (exact) mass is 226 g/mol. The molecule has 0 aromatic carbocycles. The molecule has 0 radical (unpaired) electrons. The van der Waals surface area contributed by atoms with Crippen molar-refractivity contribution in [3.8, 4) is 0 Å². The minimum Gasteiger partial charge on any atom is -0.389 e. The van der Waals surface area contributed by atoms with Crippen LogP contribution >= 0.6 is 0 Å². The third-order valence-corrected chi connectivity index (χ3v) is 4.33. The van der Waals surface area contributed by atoms with E-state index < -0.39 is 5.60 Å². The molecule has 4 atom stereocenters. The number of nitrogens with zero attached hydrogens (tertiary/aromatic N) is 1. The minimum absolute atomic E-state index is 0.377. The molecule has 3 heteroatoms. The smallest absolute Gasteiger partial charge is 0.0758 e. The molecule has 94 valence electrons. The van der Waals surface area contributed by atoms with Gasteiger partial charge in [-0.1, -0.05) is 6.92 Å². The number of likely N-dealkylation sites (tertiary alicyclic amines) is 1. The summed E-state index contributed by atoms with van der Waals surface area (Å²) in [5, 5.41) is 9.94. The Morgan fingerprint density at radius 3 is 2.81 bits per heavy atom. The van der Waals surface area contributed by atoms with Gasteiger partial charge in [-0.3, -0.25) is 0 Å². The van der Waals surface area contributed by atoms with Gasteiger partial charge in [-0.15, -0.1) is 0 Å². The lowest BCUT2D eigenvalue weighted by molar-refractivity contribution is 0.0637. The summed E-state index contributed by atoms with van der Waals surface area (Å²) >= 11 is 0. The van der Waals surface area contributed by atoms with E-state index in [2.05, 4.69) is 11.8 Å². The first-order valence-electron chi connectivity index (χ1n) is 6.66. The van der Waals surface area contributed by atoms with E-state index in [0.29, 0.717) is 12.0 Å². The highest BCUT2D eigenvalue weighted by atomic mass is 16.3. The largest absolute Gasteiger partial charge is 0.389 e. The fourth-order valence-corrected chi connectivity index (χ4v) is 3.26. The van der Waals surface area contributed by atoms with Gasteiger partial charge in [0.2, 0.25) is 0 Å². The van der Waals surface area contributed by atoms with Crippen molar-refractivity contribution in [3.63, 3.8) is 0 Å². The van der Waals surface area contributed by atoms with Crippen LogP contribution in [0.1, 0.15) is 39.5 Å². The second-order valence-electron chi connectivity index (χ2n) is 6.32. The molecule has 2 fully saturated rings. The van der Waals surface area contributed by atoms with E-state index in [4.69, 9.17) is 5.73 Å². The molecule has 4 unspecified atom stereocenters. The maximum atomic E-state index is 9.94. The number of nitrogens with two attached hydrogens (primary N) is 1. The lowest BCUT2D eigenvalue weighted by Crippen LogP contribution is -2.43. The summed E-state index contributed by atoms with van der Waals surface area (Å²) in [4.78, 5) is 2.39. The zero-order valence-corrected chi connectivity index (χ0v) is 10.7. The Morgan fingerprint density at radius 2 is 2.19 bits per heavy atom. The molecule has 1 heterocycles. The molecule has 2 aliphatic rings. The van der Waals surface area contributed by atoms with E-state index in [1.165, 1.54) is 19.3 Å². The normalized spacial score (nSPS) is 46.1. The van der Waals surface area contributed by atoms with Crippen molar-refractivity contribution >= 4 is 0 Å². The summed E-state index contributed by atoms with van der Waals surface area (Å²) < 4.78 is 0. The van der Waals surface area contributed by atoms with Gasteiger partial charge in [-0.25, -0.2) is 0 Å². The van der Waals surface area contributed by atoms with Gasteiger partial charge in [0, 0.05) is 25.7 Å². The lowest BCUT2D eigenvalue weighted by atomic mass is 9.79. The Kier molecular flexibility index (Phi) is 3.57. The van der Waals surface area contributed by atoms with E-state index in [1.54, 1.807) is 0 Å². The molecule has 0 aromatic rings. The Hall–Kier alpha value is -0.120. The Bertz CT molecular complexity index is 242. The fraction of sp³-hybridized carbons (Fsp3) is 1.00. The van der Waals surface area contributed by atoms with Crippen LogP contribution in [0.4, 0.5) is 0 Å². The summed E-state index contributed by atoms with van der Waals surface area (Å²) in [6.07, 6.45) is 4.63. The molecule has 3 nitrogen and oxygen atoms in total. The van der Waals surface area contributed by atoms with Crippen LogP contribution in [0.15, 0.2) is 0 Å². The summed E-state index contributed by atoms with van der Waals surface area (Å²) in [6.45, 7) is 7.21. The second kappa shape index (κ2) is 4.63. The summed E-state index contributed by atoms with van der Waals surface area (Å²) in [5.41, 5.74) is 5.73. The number of aliphatic hydroxyl groups is 1. The quantitative estimate of drug-likeness (QED) is 0.744. The van der Waals surface area contributed by atoms with E-state index in [1.807, 2.05) is 6.92 Å². The van der Waals surface area contributed by atoms with Crippen molar-refractivity contribution in [1.29, 1.82) is 0 Å². The van der Waals surface area contributed by atoms with Gasteiger partial charge in [0.1, 0.15) is 0 Å². The van der Waals surface area contributed by atoms with Gasteiger partial charge in [-0.2, -0.15) is 0 Å². The summed E-state index contributed by atoms with van der Waals surface area (Å²) in [7, 11) is 0. The molecule has 1 saturated carbocycles. The number of β-amino-alcohol motifs (C(OH)–C–C–N with tert-alkyl or cyclic N) is 1. The first-order chi connectivity index (χ1) is 7.46. The SMILES string of the molecule is CC1CCC(N)C(CN2CCC(C)(O)C2)C1.